The van der Waals surface area contributed by atoms with Crippen molar-refractivity contribution in [2.75, 3.05) is 13.2 Å². The van der Waals surface area contributed by atoms with Crippen molar-refractivity contribution >= 4 is 17.6 Å². The number of aliphatic hydroxyl groups excluding tert-OH is 2. The number of aromatic carboxylic acids is 2. The lowest BCUT2D eigenvalue weighted by Crippen LogP contribution is -2.08. The number of carboxylic acids is 2. The van der Waals surface area contributed by atoms with E-state index in [9.17, 15) is 19.7 Å². The van der Waals surface area contributed by atoms with Gasteiger partial charge in [0.15, 0.2) is 0 Å². The van der Waals surface area contributed by atoms with Crippen LogP contribution in [0.1, 0.15) is 20.7 Å². The van der Waals surface area contributed by atoms with Crippen LogP contribution in [0.2, 0.25) is 0 Å². The molecule has 0 fully saturated rings. The van der Waals surface area contributed by atoms with Gasteiger partial charge in [0.05, 0.1) is 18.1 Å². The molecule has 0 amide bonds. The summed E-state index contributed by atoms with van der Waals surface area (Å²) in [6.07, 6.45) is 0. The third-order valence-corrected chi connectivity index (χ3v) is 1.78. The maximum atomic E-state index is 10.6. The van der Waals surface area contributed by atoms with Gasteiger partial charge in [-0.2, -0.15) is 0 Å². The van der Waals surface area contributed by atoms with E-state index in [-0.39, 0.29) is 13.2 Å². The average molecular weight is 273 g/mol. The maximum Gasteiger partial charge on any atom is 0.342 e. The molecule has 19 heavy (non-hydrogen) atoms. The van der Waals surface area contributed by atoms with Crippen LogP contribution < -0.4 is 0 Å². The Bertz CT molecular complexity index is 450. The molecule has 0 saturated carbocycles. The molecule has 0 heterocycles. The first-order chi connectivity index (χ1) is 8.86. The van der Waals surface area contributed by atoms with Crippen molar-refractivity contribution in [3.63, 3.8) is 0 Å². The van der Waals surface area contributed by atoms with Gasteiger partial charge in [0.1, 0.15) is 11.1 Å². The number of nitro benzene ring substituents is 1. The number of benzene rings is 1. The molecular formula is C10H11NO8. The second-order valence-electron chi connectivity index (χ2n) is 3.02. The summed E-state index contributed by atoms with van der Waals surface area (Å²) < 4.78 is 0. The van der Waals surface area contributed by atoms with Gasteiger partial charge in [0.25, 0.3) is 5.69 Å². The van der Waals surface area contributed by atoms with Crippen molar-refractivity contribution < 1.29 is 34.9 Å². The summed E-state index contributed by atoms with van der Waals surface area (Å²) in [6.45, 7) is -0.250. The van der Waals surface area contributed by atoms with Crippen molar-refractivity contribution in [2.45, 2.75) is 0 Å². The lowest BCUT2D eigenvalue weighted by Gasteiger charge is -2.00. The Morgan fingerprint density at radius 1 is 1.05 bits per heavy atom. The van der Waals surface area contributed by atoms with Crippen molar-refractivity contribution in [2.24, 2.45) is 0 Å². The quantitative estimate of drug-likeness (QED) is 0.439. The van der Waals surface area contributed by atoms with E-state index in [4.69, 9.17) is 20.4 Å². The molecule has 0 aliphatic heterocycles. The largest absolute Gasteiger partial charge is 0.477 e. The lowest BCUT2D eigenvalue weighted by atomic mass is 10.1. The van der Waals surface area contributed by atoms with Gasteiger partial charge < -0.3 is 20.4 Å². The van der Waals surface area contributed by atoms with Crippen molar-refractivity contribution in [1.29, 1.82) is 0 Å². The molecule has 0 spiro atoms. The molecule has 0 saturated heterocycles. The monoisotopic (exact) mass is 273 g/mol. The minimum Gasteiger partial charge on any atom is -0.477 e. The topological polar surface area (TPSA) is 158 Å². The van der Waals surface area contributed by atoms with Crippen LogP contribution in [0, 0.1) is 10.1 Å². The van der Waals surface area contributed by atoms with Gasteiger partial charge in [-0.1, -0.05) is 6.07 Å². The number of para-hydroxylation sites is 1. The van der Waals surface area contributed by atoms with E-state index in [2.05, 4.69) is 0 Å². The molecule has 1 aromatic rings. The number of nitrogens with zero attached hydrogens (tertiary/aromatic N) is 1. The van der Waals surface area contributed by atoms with Gasteiger partial charge >= 0.3 is 11.9 Å². The Balaban J connectivity index is 0.000000711. The van der Waals surface area contributed by atoms with Crippen LogP contribution in [0.25, 0.3) is 0 Å². The zero-order chi connectivity index (χ0) is 15.0. The van der Waals surface area contributed by atoms with Crippen LogP contribution in [-0.2, 0) is 0 Å². The van der Waals surface area contributed by atoms with Crippen LogP contribution in [0.3, 0.4) is 0 Å². The summed E-state index contributed by atoms with van der Waals surface area (Å²) in [5.41, 5.74) is -2.18. The first-order valence-electron chi connectivity index (χ1n) is 4.82. The Labute approximate surface area is 106 Å². The third kappa shape index (κ3) is 4.69. The molecule has 0 aliphatic rings. The van der Waals surface area contributed by atoms with E-state index in [1.54, 1.807) is 0 Å². The van der Waals surface area contributed by atoms with Crippen LogP contribution in [0.5, 0.6) is 0 Å². The minimum atomic E-state index is -1.54. The fraction of sp³-hybridized carbons (Fsp3) is 0.200. The predicted octanol–water partition coefficient (Wildman–Crippen LogP) is -0.0378. The van der Waals surface area contributed by atoms with Crippen LogP contribution >= 0.6 is 0 Å². The molecule has 0 aliphatic carbocycles. The van der Waals surface area contributed by atoms with Crippen LogP contribution in [-0.4, -0.2) is 50.5 Å². The second-order valence-corrected chi connectivity index (χ2v) is 3.02. The number of hydrogen-bond donors (Lipinski definition) is 4. The number of rotatable bonds is 4. The Morgan fingerprint density at radius 2 is 1.42 bits per heavy atom. The standard InChI is InChI=1S/C8H5NO6.C2H6O2/c10-7(11)4-2-1-3-5(8(12)13)6(4)9(14)15;3-1-2-4/h1-3H,(H,10,11)(H,12,13);3-4H,1-2H2. The summed E-state index contributed by atoms with van der Waals surface area (Å²) in [4.78, 5) is 30.7. The Morgan fingerprint density at radius 3 is 1.63 bits per heavy atom. The lowest BCUT2D eigenvalue weighted by molar-refractivity contribution is -0.385. The first-order valence-corrected chi connectivity index (χ1v) is 4.82. The van der Waals surface area contributed by atoms with E-state index in [0.717, 1.165) is 18.2 Å². The van der Waals surface area contributed by atoms with Gasteiger partial charge in [-0.3, -0.25) is 10.1 Å². The molecule has 4 N–H and O–H groups in total. The molecular weight excluding hydrogens is 262 g/mol. The van der Waals surface area contributed by atoms with Gasteiger partial charge in [-0.15, -0.1) is 0 Å². The molecule has 0 aromatic heterocycles. The Kier molecular flexibility index (Phi) is 6.71. The molecule has 0 bridgehead atoms. The van der Waals surface area contributed by atoms with Gasteiger partial charge in [-0.25, -0.2) is 9.59 Å². The molecule has 0 unspecified atom stereocenters. The summed E-state index contributed by atoms with van der Waals surface area (Å²) in [5, 5.41) is 43.0. The average Bonchev–Trinajstić information content (AvgIpc) is 2.37. The zero-order valence-corrected chi connectivity index (χ0v) is 9.52. The minimum absolute atomic E-state index is 0.125. The molecule has 9 heteroatoms. The number of nitro groups is 1. The number of carboxylic acid groups (broad SMARTS) is 2. The van der Waals surface area contributed by atoms with E-state index >= 15 is 0 Å². The van der Waals surface area contributed by atoms with E-state index in [1.165, 1.54) is 0 Å². The number of hydrogen-bond acceptors (Lipinski definition) is 6. The Hall–Kier alpha value is -2.52. The SMILES string of the molecule is O=C(O)c1cccc(C(=O)O)c1[N+](=O)[O-].OCCO. The number of aliphatic hydroxyl groups is 2. The highest BCUT2D eigenvalue weighted by atomic mass is 16.6. The van der Waals surface area contributed by atoms with Gasteiger partial charge in [0, 0.05) is 0 Å². The molecule has 104 valence electrons. The van der Waals surface area contributed by atoms with E-state index in [1.807, 2.05) is 0 Å². The van der Waals surface area contributed by atoms with Crippen LogP contribution in [0.4, 0.5) is 5.69 Å². The van der Waals surface area contributed by atoms with Gasteiger partial charge in [-0.05, 0) is 12.1 Å². The van der Waals surface area contributed by atoms with E-state index < -0.39 is 33.7 Å². The van der Waals surface area contributed by atoms with Crippen molar-refractivity contribution in [3.05, 3.63) is 39.4 Å². The highest BCUT2D eigenvalue weighted by molar-refractivity contribution is 6.00. The maximum absolute atomic E-state index is 10.6. The van der Waals surface area contributed by atoms with Crippen molar-refractivity contribution in [1.82, 2.24) is 0 Å². The molecule has 9 nitrogen and oxygen atoms in total. The second kappa shape index (κ2) is 7.74. The molecule has 1 rings (SSSR count). The normalized spacial score (nSPS) is 9.16. The predicted molar refractivity (Wildman–Crippen MR) is 61.2 cm³/mol. The molecule has 0 atom stereocenters. The van der Waals surface area contributed by atoms with Crippen LogP contribution in [0.15, 0.2) is 18.2 Å². The summed E-state index contributed by atoms with van der Waals surface area (Å²) >= 11 is 0. The highest BCUT2D eigenvalue weighted by Gasteiger charge is 2.27. The highest BCUT2D eigenvalue weighted by Crippen LogP contribution is 2.23. The fourth-order valence-electron chi connectivity index (χ4n) is 1.09. The number of carbonyl (C=O) groups is 2. The fourth-order valence-corrected chi connectivity index (χ4v) is 1.09. The molecule has 1 aromatic carbocycles. The summed E-state index contributed by atoms with van der Waals surface area (Å²) in [6, 6.07) is 3.10. The molecule has 0 radical (unpaired) electrons. The van der Waals surface area contributed by atoms with E-state index in [0.29, 0.717) is 0 Å². The zero-order valence-electron chi connectivity index (χ0n) is 9.52. The first kappa shape index (κ1) is 16.5. The van der Waals surface area contributed by atoms with Gasteiger partial charge in [0.2, 0.25) is 0 Å². The third-order valence-electron chi connectivity index (χ3n) is 1.78. The smallest absolute Gasteiger partial charge is 0.342 e. The van der Waals surface area contributed by atoms with Crippen molar-refractivity contribution in [3.8, 4) is 0 Å². The summed E-state index contributed by atoms with van der Waals surface area (Å²) in [7, 11) is 0. The summed E-state index contributed by atoms with van der Waals surface area (Å²) in [5.74, 6) is -3.07.